The van der Waals surface area contributed by atoms with Crippen molar-refractivity contribution in [3.05, 3.63) is 48.1 Å². The van der Waals surface area contributed by atoms with Gasteiger partial charge < -0.3 is 15.5 Å². The van der Waals surface area contributed by atoms with Gasteiger partial charge in [-0.25, -0.2) is 8.78 Å². The Morgan fingerprint density at radius 2 is 1.95 bits per heavy atom. The van der Waals surface area contributed by atoms with Crippen LogP contribution in [0.2, 0.25) is 0 Å². The predicted molar refractivity (Wildman–Crippen MR) is 82.3 cm³/mol. The Kier molecular flexibility index (Phi) is 6.81. The molecule has 0 bridgehead atoms. The smallest absolute Gasteiger partial charge is 0.191 e. The number of hydrogen-bond donors (Lipinski definition) is 2. The van der Waals surface area contributed by atoms with E-state index in [4.69, 9.17) is 0 Å². The summed E-state index contributed by atoms with van der Waals surface area (Å²) in [5.74, 6) is -0.549. The number of likely N-dealkylation sites (N-methyl/N-ethyl adjacent to an activating group) is 1. The van der Waals surface area contributed by atoms with Crippen molar-refractivity contribution in [3.63, 3.8) is 0 Å². The second-order valence-corrected chi connectivity index (χ2v) is 4.74. The molecule has 1 aromatic rings. The lowest BCUT2D eigenvalue weighted by atomic mass is 10.0. The first-order valence-corrected chi connectivity index (χ1v) is 6.67. The fraction of sp³-hybridized carbons (Fsp3) is 0.400. The molecular weight excluding hydrogens is 274 g/mol. The lowest BCUT2D eigenvalue weighted by Crippen LogP contribution is -2.42. The van der Waals surface area contributed by atoms with Gasteiger partial charge in [-0.15, -0.1) is 6.58 Å². The summed E-state index contributed by atoms with van der Waals surface area (Å²) in [5, 5.41) is 6.06. The van der Waals surface area contributed by atoms with Crippen molar-refractivity contribution < 1.29 is 8.78 Å². The monoisotopic (exact) mass is 296 g/mol. The van der Waals surface area contributed by atoms with E-state index in [1.54, 1.807) is 32.1 Å². The summed E-state index contributed by atoms with van der Waals surface area (Å²) in [6.07, 6.45) is 1.70. The zero-order valence-electron chi connectivity index (χ0n) is 12.7. The third-order valence-electron chi connectivity index (χ3n) is 3.06. The molecule has 0 aliphatic rings. The molecule has 1 rings (SSSR count). The van der Waals surface area contributed by atoms with Crippen LogP contribution in [0.25, 0.3) is 0 Å². The van der Waals surface area contributed by atoms with Gasteiger partial charge in [0, 0.05) is 25.7 Å². The first kappa shape index (κ1) is 17.1. The maximum atomic E-state index is 13.9. The van der Waals surface area contributed by atoms with Crippen molar-refractivity contribution in [2.45, 2.75) is 6.04 Å². The number of rotatable bonds is 6. The second-order valence-electron chi connectivity index (χ2n) is 4.74. The molecular formula is C15H22F2N4. The predicted octanol–water partition coefficient (Wildman–Crippen LogP) is 1.92. The van der Waals surface area contributed by atoms with Crippen molar-refractivity contribution >= 4 is 5.96 Å². The van der Waals surface area contributed by atoms with Gasteiger partial charge >= 0.3 is 0 Å². The third-order valence-corrected chi connectivity index (χ3v) is 3.06. The number of nitrogens with zero attached hydrogens (tertiary/aromatic N) is 2. The van der Waals surface area contributed by atoms with Gasteiger partial charge in [-0.3, -0.25) is 4.99 Å². The van der Waals surface area contributed by atoms with Crippen LogP contribution in [0.3, 0.4) is 0 Å². The zero-order valence-corrected chi connectivity index (χ0v) is 12.7. The number of halogens is 2. The molecule has 4 nitrogen and oxygen atoms in total. The van der Waals surface area contributed by atoms with E-state index >= 15 is 0 Å². The molecule has 0 radical (unpaired) electrons. The normalized spacial score (nSPS) is 13.1. The fourth-order valence-corrected chi connectivity index (χ4v) is 1.95. The van der Waals surface area contributed by atoms with Crippen LogP contribution in [0.5, 0.6) is 0 Å². The highest BCUT2D eigenvalue weighted by Crippen LogP contribution is 2.23. The summed E-state index contributed by atoms with van der Waals surface area (Å²) in [4.78, 5) is 5.80. The van der Waals surface area contributed by atoms with Gasteiger partial charge in [-0.1, -0.05) is 12.1 Å². The van der Waals surface area contributed by atoms with Crippen molar-refractivity contribution in [2.24, 2.45) is 4.99 Å². The van der Waals surface area contributed by atoms with Gasteiger partial charge in [-0.05, 0) is 26.2 Å². The Morgan fingerprint density at radius 3 is 2.43 bits per heavy atom. The summed E-state index contributed by atoms with van der Waals surface area (Å²) in [5.41, 5.74) is 0.0502. The Balaban J connectivity index is 2.86. The molecule has 1 unspecified atom stereocenters. The SMILES string of the molecule is C=CCNC(=NC)NCC(c1c(F)cccc1F)N(C)C. The van der Waals surface area contributed by atoms with E-state index in [0.29, 0.717) is 19.0 Å². The Bertz CT molecular complexity index is 480. The molecule has 0 fully saturated rings. The average Bonchev–Trinajstić information content (AvgIpc) is 2.44. The van der Waals surface area contributed by atoms with Crippen LogP contribution < -0.4 is 10.6 Å². The number of aliphatic imine (C=N–C) groups is 1. The van der Waals surface area contributed by atoms with Crippen molar-refractivity contribution in [1.82, 2.24) is 15.5 Å². The average molecular weight is 296 g/mol. The summed E-state index contributed by atoms with van der Waals surface area (Å²) in [6, 6.07) is 3.44. The molecule has 0 aromatic heterocycles. The summed E-state index contributed by atoms with van der Waals surface area (Å²) in [6.45, 7) is 4.49. The van der Waals surface area contributed by atoms with E-state index in [9.17, 15) is 8.78 Å². The van der Waals surface area contributed by atoms with Crippen LogP contribution in [0, 0.1) is 11.6 Å². The third kappa shape index (κ3) is 4.82. The largest absolute Gasteiger partial charge is 0.354 e. The van der Waals surface area contributed by atoms with Crippen molar-refractivity contribution in [1.29, 1.82) is 0 Å². The van der Waals surface area contributed by atoms with Gasteiger partial charge in [0.25, 0.3) is 0 Å². The van der Waals surface area contributed by atoms with Crippen molar-refractivity contribution in [2.75, 3.05) is 34.2 Å². The second kappa shape index (κ2) is 8.36. The topological polar surface area (TPSA) is 39.7 Å². The molecule has 1 atom stereocenters. The summed E-state index contributed by atoms with van der Waals surface area (Å²) in [7, 11) is 5.18. The van der Waals surface area contributed by atoms with Crippen LogP contribution in [0.15, 0.2) is 35.8 Å². The van der Waals surface area contributed by atoms with Crippen LogP contribution in [0.4, 0.5) is 8.78 Å². The first-order chi connectivity index (χ1) is 10.0. The molecule has 0 spiro atoms. The van der Waals surface area contributed by atoms with Crippen LogP contribution in [0.1, 0.15) is 11.6 Å². The van der Waals surface area contributed by atoms with Crippen LogP contribution >= 0.6 is 0 Å². The standard InChI is InChI=1S/C15H22F2N4/c1-5-9-19-15(18-2)20-10-13(21(3)4)14-11(16)7-6-8-12(14)17/h5-8,13H,1,9-10H2,2-4H3,(H2,18,19,20). The first-order valence-electron chi connectivity index (χ1n) is 6.67. The lowest BCUT2D eigenvalue weighted by Gasteiger charge is -2.26. The van der Waals surface area contributed by atoms with E-state index in [1.807, 2.05) is 0 Å². The minimum absolute atomic E-state index is 0.0502. The Labute approximate surface area is 124 Å². The van der Waals surface area contributed by atoms with Crippen LogP contribution in [-0.4, -0.2) is 45.1 Å². The lowest BCUT2D eigenvalue weighted by molar-refractivity contribution is 0.282. The fourth-order valence-electron chi connectivity index (χ4n) is 1.95. The minimum Gasteiger partial charge on any atom is -0.354 e. The number of nitrogens with one attached hydrogen (secondary N) is 2. The van der Waals surface area contributed by atoms with E-state index in [2.05, 4.69) is 22.2 Å². The molecule has 0 aliphatic carbocycles. The molecule has 2 N–H and O–H groups in total. The van der Waals surface area contributed by atoms with E-state index < -0.39 is 17.7 Å². The minimum atomic E-state index is -0.551. The molecule has 0 amide bonds. The molecule has 6 heteroatoms. The highest BCUT2D eigenvalue weighted by atomic mass is 19.1. The Morgan fingerprint density at radius 1 is 1.33 bits per heavy atom. The van der Waals surface area contributed by atoms with Gasteiger partial charge in [0.05, 0.1) is 6.04 Å². The summed E-state index contributed by atoms with van der Waals surface area (Å²) < 4.78 is 27.8. The quantitative estimate of drug-likeness (QED) is 0.479. The highest BCUT2D eigenvalue weighted by Gasteiger charge is 2.22. The number of benzene rings is 1. The Hall–Kier alpha value is -1.95. The molecule has 0 aliphatic heterocycles. The molecule has 0 saturated carbocycles. The van der Waals surface area contributed by atoms with E-state index in [-0.39, 0.29) is 5.56 Å². The molecule has 1 aromatic carbocycles. The number of hydrogen-bond acceptors (Lipinski definition) is 2. The van der Waals surface area contributed by atoms with Gasteiger partial charge in [0.2, 0.25) is 0 Å². The number of guanidine groups is 1. The maximum Gasteiger partial charge on any atom is 0.191 e. The summed E-state index contributed by atoms with van der Waals surface area (Å²) >= 11 is 0. The molecule has 0 saturated heterocycles. The molecule has 0 heterocycles. The van der Waals surface area contributed by atoms with E-state index in [0.717, 1.165) is 0 Å². The van der Waals surface area contributed by atoms with Crippen molar-refractivity contribution in [3.8, 4) is 0 Å². The van der Waals surface area contributed by atoms with Gasteiger partial charge in [0.15, 0.2) is 5.96 Å². The molecule has 116 valence electrons. The van der Waals surface area contributed by atoms with E-state index in [1.165, 1.54) is 18.2 Å². The highest BCUT2D eigenvalue weighted by molar-refractivity contribution is 5.79. The zero-order chi connectivity index (χ0) is 15.8. The van der Waals surface area contributed by atoms with Crippen LogP contribution in [-0.2, 0) is 0 Å². The maximum absolute atomic E-state index is 13.9. The van der Waals surface area contributed by atoms with Gasteiger partial charge in [-0.2, -0.15) is 0 Å². The van der Waals surface area contributed by atoms with Gasteiger partial charge in [0.1, 0.15) is 11.6 Å². The molecule has 21 heavy (non-hydrogen) atoms.